The molecule has 0 saturated carbocycles. The van der Waals surface area contributed by atoms with Gasteiger partial charge in [0.2, 0.25) is 0 Å². The summed E-state index contributed by atoms with van der Waals surface area (Å²) < 4.78 is 0. The van der Waals surface area contributed by atoms with Gasteiger partial charge in [-0.1, -0.05) is 239 Å². The van der Waals surface area contributed by atoms with Crippen LogP contribution >= 0.6 is 0 Å². The van der Waals surface area contributed by atoms with Gasteiger partial charge in [0.1, 0.15) is 23.0 Å². The molecule has 7 aromatic carbocycles. The van der Waals surface area contributed by atoms with Crippen molar-refractivity contribution in [1.29, 1.82) is 0 Å². The Hall–Kier alpha value is -4.99. The average molecular weight is 1130 g/mol. The van der Waals surface area contributed by atoms with Gasteiger partial charge < -0.3 is 20.4 Å². The molecule has 0 aliphatic heterocycles. The van der Waals surface area contributed by atoms with Crippen LogP contribution in [0.2, 0.25) is 0 Å². The van der Waals surface area contributed by atoms with Gasteiger partial charge in [0.25, 0.3) is 0 Å². The molecule has 0 unspecified atom stereocenters. The van der Waals surface area contributed by atoms with E-state index in [4.69, 9.17) is 0 Å². The van der Waals surface area contributed by atoms with E-state index in [1.165, 1.54) is 27.5 Å². The predicted molar refractivity (Wildman–Crippen MR) is 334 cm³/mol. The van der Waals surface area contributed by atoms with Crippen molar-refractivity contribution in [2.24, 2.45) is 0 Å². The Bertz CT molecular complexity index is 2880. The van der Waals surface area contributed by atoms with E-state index < -0.39 is 0 Å². The maximum atomic E-state index is 11.4. The molecule has 78 heavy (non-hydrogen) atoms. The molecule has 4 nitrogen and oxygen atoms in total. The molecule has 0 aliphatic carbocycles. The zero-order chi connectivity index (χ0) is 58.6. The summed E-state index contributed by atoms with van der Waals surface area (Å²) in [6.07, 6.45) is 1.10. The van der Waals surface area contributed by atoms with Crippen LogP contribution in [0, 0.1) is 0 Å². The van der Waals surface area contributed by atoms with Gasteiger partial charge in [0.15, 0.2) is 0 Å². The molecule has 0 bridgehead atoms. The molecule has 0 radical (unpaired) electrons. The normalized spacial score (nSPS) is 12.8. The molecule has 5 heteroatoms. The van der Waals surface area contributed by atoms with Crippen LogP contribution in [0.15, 0.2) is 109 Å². The van der Waals surface area contributed by atoms with E-state index in [0.29, 0.717) is 22.3 Å². The van der Waals surface area contributed by atoms with Gasteiger partial charge >= 0.3 is 0 Å². The van der Waals surface area contributed by atoms with E-state index in [0.717, 1.165) is 50.9 Å². The number of fused-ring (bicyclic) bond motifs is 1. The first-order chi connectivity index (χ1) is 34.9. The van der Waals surface area contributed by atoms with Crippen molar-refractivity contribution in [3.63, 3.8) is 0 Å². The van der Waals surface area contributed by atoms with Crippen LogP contribution in [-0.2, 0) is 75.9 Å². The Labute approximate surface area is 492 Å². The van der Waals surface area contributed by atoms with Crippen molar-refractivity contribution < 1.29 is 46.6 Å². The molecule has 420 valence electrons. The summed E-state index contributed by atoms with van der Waals surface area (Å²) in [6, 6.07) is 38.4. The molecule has 0 aromatic heterocycles. The molecular weight excluding hydrogens is 1030 g/mol. The second kappa shape index (κ2) is 23.2. The van der Waals surface area contributed by atoms with Gasteiger partial charge in [0.05, 0.1) is 0 Å². The van der Waals surface area contributed by atoms with E-state index in [-0.39, 0.29) is 92.5 Å². The van der Waals surface area contributed by atoms with Gasteiger partial charge in [-0.15, -0.1) is 34.5 Å². The standard InChI is InChI=1S/2C28H42O2.C17H15.Zr/c2*1-25(2,3)17-13-19(23(29)21(15-17)27(7,8)9)20-14-18(26(4,5)6)16-22(24(20)30)28(10,11)12;1-2-13-11-15-9-6-10-16(17(15)12-13)14-7-4-3-5-8-14;/h2*13-16,29-30H,1-12H3;3-12H,2H2,1H3;/q;;-1;. The molecule has 0 saturated heterocycles. The van der Waals surface area contributed by atoms with Crippen LogP contribution in [0.3, 0.4) is 0 Å². The number of aryl methyl sites for hydroxylation is 1. The Morgan fingerprint density at radius 1 is 0.321 bits per heavy atom. The molecule has 0 heterocycles. The van der Waals surface area contributed by atoms with Crippen LogP contribution in [-0.4, -0.2) is 20.4 Å². The van der Waals surface area contributed by atoms with Crippen LogP contribution in [0.4, 0.5) is 0 Å². The second-order valence-corrected chi connectivity index (χ2v) is 30.1. The fraction of sp³-hybridized carbons (Fsp3) is 0.466. The minimum absolute atomic E-state index is 0. The second-order valence-electron chi connectivity index (χ2n) is 30.1. The summed E-state index contributed by atoms with van der Waals surface area (Å²) in [5.74, 6) is 1.04. The van der Waals surface area contributed by atoms with Crippen molar-refractivity contribution in [2.45, 2.75) is 223 Å². The zero-order valence-electron chi connectivity index (χ0n) is 52.9. The fourth-order valence-electron chi connectivity index (χ4n) is 9.75. The monoisotopic (exact) mass is 1130 g/mol. The van der Waals surface area contributed by atoms with Gasteiger partial charge in [-0.25, -0.2) is 0 Å². The summed E-state index contributed by atoms with van der Waals surface area (Å²) in [5, 5.41) is 48.2. The van der Waals surface area contributed by atoms with Gasteiger partial charge in [-0.05, 0) is 102 Å². The van der Waals surface area contributed by atoms with Gasteiger partial charge in [-0.3, -0.25) is 0 Å². The average Bonchev–Trinajstić information content (AvgIpc) is 3.71. The molecule has 0 atom stereocenters. The largest absolute Gasteiger partial charge is 0.507 e. The third-order valence-electron chi connectivity index (χ3n) is 15.0. The summed E-state index contributed by atoms with van der Waals surface area (Å²) in [4.78, 5) is 0. The number of phenols is 4. The molecule has 0 aliphatic rings. The SMILES string of the molecule is CC(C)(C)c1cc(-c2cc(C(C)(C)C)cc(C(C)(C)C)c2O)c(O)c(C(C)(C)C)c1.CC(C)(C)c1cc(-c2cc(C(C)(C)C)cc(C(C)(C)C)c2O)c(O)c(C(C)(C)C)c1.CCc1cc2c(-c3ccccc3)cccc2[cH-]1.[Zr]. The molecule has 0 spiro atoms. The van der Waals surface area contributed by atoms with Crippen molar-refractivity contribution >= 4 is 10.8 Å². The maximum Gasteiger partial charge on any atom is 0.127 e. The topological polar surface area (TPSA) is 80.9 Å². The molecule has 4 N–H and O–H groups in total. The Morgan fingerprint density at radius 2 is 0.603 bits per heavy atom. The molecule has 0 fully saturated rings. The third-order valence-corrected chi connectivity index (χ3v) is 15.0. The number of hydrogen-bond acceptors (Lipinski definition) is 4. The first-order valence-electron chi connectivity index (χ1n) is 28.1. The number of phenolic OH excluding ortho intramolecular Hbond substituents is 4. The summed E-state index contributed by atoms with van der Waals surface area (Å²) in [6.45, 7) is 53.8. The number of hydrogen-bond donors (Lipinski definition) is 4. The van der Waals surface area contributed by atoms with Crippen molar-refractivity contribution in [2.75, 3.05) is 0 Å². The minimum Gasteiger partial charge on any atom is -0.507 e. The van der Waals surface area contributed by atoms with Gasteiger partial charge in [0, 0.05) is 70.7 Å². The quantitative estimate of drug-likeness (QED) is 0.132. The first kappa shape index (κ1) is 65.5. The third kappa shape index (κ3) is 15.3. The Morgan fingerprint density at radius 3 is 0.846 bits per heavy atom. The smallest absolute Gasteiger partial charge is 0.127 e. The molecular formula is C73H99O4Zr-. The van der Waals surface area contributed by atoms with E-state index in [9.17, 15) is 20.4 Å². The van der Waals surface area contributed by atoms with Crippen molar-refractivity contribution in [1.82, 2.24) is 0 Å². The first-order valence-corrected chi connectivity index (χ1v) is 28.1. The molecule has 0 amide bonds. The van der Waals surface area contributed by atoms with E-state index in [1.54, 1.807) is 0 Å². The molecule has 7 rings (SSSR count). The van der Waals surface area contributed by atoms with E-state index in [2.05, 4.69) is 282 Å². The van der Waals surface area contributed by atoms with Crippen LogP contribution in [0.1, 0.15) is 223 Å². The zero-order valence-corrected chi connectivity index (χ0v) is 55.3. The Kier molecular flexibility index (Phi) is 19.5. The maximum absolute atomic E-state index is 11.4. The van der Waals surface area contributed by atoms with E-state index >= 15 is 0 Å². The van der Waals surface area contributed by atoms with E-state index in [1.807, 2.05) is 0 Å². The summed E-state index contributed by atoms with van der Waals surface area (Å²) in [5.41, 5.74) is 13.9. The summed E-state index contributed by atoms with van der Waals surface area (Å²) in [7, 11) is 0. The van der Waals surface area contributed by atoms with Gasteiger partial charge in [-0.2, -0.15) is 6.07 Å². The summed E-state index contributed by atoms with van der Waals surface area (Å²) >= 11 is 0. The number of rotatable bonds is 4. The number of benzene rings is 6. The van der Waals surface area contributed by atoms with Crippen molar-refractivity contribution in [3.05, 3.63) is 159 Å². The number of aromatic hydroxyl groups is 4. The van der Waals surface area contributed by atoms with Crippen LogP contribution in [0.25, 0.3) is 44.2 Å². The van der Waals surface area contributed by atoms with Crippen LogP contribution in [0.5, 0.6) is 23.0 Å². The predicted octanol–water partition coefficient (Wildman–Crippen LogP) is 20.7. The van der Waals surface area contributed by atoms with Crippen LogP contribution < -0.4 is 0 Å². The molecule has 7 aromatic rings. The Balaban J connectivity index is 0.000000260. The fourth-order valence-corrected chi connectivity index (χ4v) is 9.75. The minimum atomic E-state index is -0.218. The van der Waals surface area contributed by atoms with Crippen molar-refractivity contribution in [3.8, 4) is 56.4 Å².